The van der Waals surface area contributed by atoms with Crippen molar-refractivity contribution in [3.05, 3.63) is 59.3 Å². The molecule has 5 atom stereocenters. The van der Waals surface area contributed by atoms with Crippen LogP contribution in [-0.2, 0) is 4.79 Å². The predicted molar refractivity (Wildman–Crippen MR) is 133 cm³/mol. The number of nitrogens with two attached hydrogens (primary N) is 1. The van der Waals surface area contributed by atoms with E-state index in [-0.39, 0.29) is 41.4 Å². The summed E-state index contributed by atoms with van der Waals surface area (Å²) >= 11 is 1.53. The first-order valence-electron chi connectivity index (χ1n) is 11.9. The highest BCUT2D eigenvalue weighted by Gasteiger charge is 2.51. The second kappa shape index (κ2) is 8.72. The number of aromatic nitrogens is 1. The number of nitrogens with zero attached hydrogens (tertiary/aromatic N) is 2. The van der Waals surface area contributed by atoms with Crippen molar-refractivity contribution >= 4 is 29.4 Å². The number of piperidine rings is 1. The van der Waals surface area contributed by atoms with E-state index in [0.29, 0.717) is 4.91 Å². The van der Waals surface area contributed by atoms with Gasteiger partial charge in [-0.2, -0.15) is 0 Å². The van der Waals surface area contributed by atoms with Crippen molar-refractivity contribution < 1.29 is 9.59 Å². The smallest absolute Gasteiger partial charge is 0.326 e. The molecular weight excluding hydrogens is 448 g/mol. The maximum atomic E-state index is 13.4. The van der Waals surface area contributed by atoms with Gasteiger partial charge in [0.15, 0.2) is 0 Å². The molecule has 34 heavy (non-hydrogen) atoms. The Kier molecular flexibility index (Phi) is 5.55. The number of nitrogens with one attached hydrogen (secondary N) is 3. The molecule has 1 saturated carbocycles. The van der Waals surface area contributed by atoms with Crippen LogP contribution in [0, 0.1) is 5.92 Å². The lowest BCUT2D eigenvalue weighted by Gasteiger charge is -2.45. The summed E-state index contributed by atoms with van der Waals surface area (Å²) in [6.45, 7) is 0.790. The molecule has 1 aromatic heterocycles. The van der Waals surface area contributed by atoms with E-state index in [1.165, 1.54) is 11.8 Å². The number of benzene rings is 1. The zero-order chi connectivity index (χ0) is 23.2. The molecule has 0 spiro atoms. The monoisotopic (exact) mass is 476 g/mol. The number of anilines is 1. The number of carbonyl (C=O) groups excluding carboxylic acids is 2. The third kappa shape index (κ3) is 3.68. The molecule has 1 aliphatic carbocycles. The molecule has 9 heteroatoms. The highest BCUT2D eigenvalue weighted by molar-refractivity contribution is 8.04. The number of amides is 3. The van der Waals surface area contributed by atoms with E-state index >= 15 is 0 Å². The van der Waals surface area contributed by atoms with Gasteiger partial charge in [0.05, 0.1) is 22.0 Å². The van der Waals surface area contributed by atoms with Crippen molar-refractivity contribution in [1.29, 1.82) is 0 Å². The molecule has 0 bridgehead atoms. The van der Waals surface area contributed by atoms with Gasteiger partial charge in [0.25, 0.3) is 5.91 Å². The fourth-order valence-corrected chi connectivity index (χ4v) is 7.07. The topological polar surface area (TPSA) is 112 Å². The van der Waals surface area contributed by atoms with Gasteiger partial charge in [-0.3, -0.25) is 14.7 Å². The van der Waals surface area contributed by atoms with Crippen LogP contribution >= 0.6 is 11.8 Å². The van der Waals surface area contributed by atoms with Crippen LogP contribution in [0.2, 0.25) is 0 Å². The lowest BCUT2D eigenvalue weighted by atomic mass is 9.86. The molecule has 3 aliphatic heterocycles. The number of rotatable bonds is 4. The zero-order valence-electron chi connectivity index (χ0n) is 18.7. The van der Waals surface area contributed by atoms with Gasteiger partial charge >= 0.3 is 6.03 Å². The normalized spacial score (nSPS) is 30.2. The molecule has 3 fully saturated rings. The van der Waals surface area contributed by atoms with Gasteiger partial charge in [0.1, 0.15) is 0 Å². The fraction of sp³-hybridized carbons (Fsp3) is 0.400. The largest absolute Gasteiger partial charge is 0.347 e. The van der Waals surface area contributed by atoms with Crippen molar-refractivity contribution in [3.8, 4) is 11.3 Å². The minimum Gasteiger partial charge on any atom is -0.347 e. The first kappa shape index (κ1) is 21.6. The lowest BCUT2D eigenvalue weighted by Crippen LogP contribution is -2.62. The molecule has 4 heterocycles. The summed E-state index contributed by atoms with van der Waals surface area (Å²) in [6.07, 6.45) is 5.45. The average Bonchev–Trinajstić information content (AvgIpc) is 3.44. The maximum Gasteiger partial charge on any atom is 0.326 e. The maximum absolute atomic E-state index is 13.4. The van der Waals surface area contributed by atoms with Crippen LogP contribution in [0.3, 0.4) is 0 Å². The summed E-state index contributed by atoms with van der Waals surface area (Å²) in [4.78, 5) is 33.6. The van der Waals surface area contributed by atoms with E-state index in [1.54, 1.807) is 6.20 Å². The summed E-state index contributed by atoms with van der Waals surface area (Å²) in [6, 6.07) is 13.5. The van der Waals surface area contributed by atoms with Gasteiger partial charge in [0.2, 0.25) is 0 Å². The molecule has 4 aliphatic rings. The number of pyridine rings is 1. The predicted octanol–water partition coefficient (Wildman–Crippen LogP) is 2.54. The molecule has 6 rings (SSSR count). The molecular formula is C25H28N6O2S. The van der Waals surface area contributed by atoms with E-state index in [9.17, 15) is 9.59 Å². The Morgan fingerprint density at radius 3 is 2.88 bits per heavy atom. The van der Waals surface area contributed by atoms with Crippen molar-refractivity contribution in [1.82, 2.24) is 20.9 Å². The van der Waals surface area contributed by atoms with Crippen molar-refractivity contribution in [2.75, 3.05) is 11.4 Å². The van der Waals surface area contributed by atoms with Crippen molar-refractivity contribution in [3.63, 3.8) is 0 Å². The van der Waals surface area contributed by atoms with Crippen LogP contribution in [0.25, 0.3) is 11.3 Å². The Morgan fingerprint density at radius 1 is 1.18 bits per heavy atom. The number of thioether (sulfide) groups is 1. The SMILES string of the molecule is N[C@H]1CCC[C@H]1NC(=O)C1=C2NC(=O)N(c3cccc(-c4ccccn4)c3)C3CCNC(S1)C23. The van der Waals surface area contributed by atoms with Gasteiger partial charge in [-0.25, -0.2) is 4.79 Å². The summed E-state index contributed by atoms with van der Waals surface area (Å²) in [5.41, 5.74) is 9.59. The third-order valence-corrected chi connectivity index (χ3v) is 8.67. The average molecular weight is 477 g/mol. The summed E-state index contributed by atoms with van der Waals surface area (Å²) in [7, 11) is 0. The Labute approximate surface area is 202 Å². The second-order valence-electron chi connectivity index (χ2n) is 9.36. The Morgan fingerprint density at radius 2 is 2.09 bits per heavy atom. The summed E-state index contributed by atoms with van der Waals surface area (Å²) in [5, 5.41) is 9.80. The van der Waals surface area contributed by atoms with Crippen LogP contribution in [-0.4, -0.2) is 47.0 Å². The van der Waals surface area contributed by atoms with E-state index < -0.39 is 0 Å². The minimum absolute atomic E-state index is 0.00212. The van der Waals surface area contributed by atoms with Crippen molar-refractivity contribution in [2.45, 2.75) is 49.2 Å². The quantitative estimate of drug-likeness (QED) is 0.540. The third-order valence-electron chi connectivity index (χ3n) is 7.32. The minimum atomic E-state index is -0.194. The van der Waals surface area contributed by atoms with Crippen LogP contribution < -0.4 is 26.6 Å². The molecule has 2 saturated heterocycles. The Hall–Kier alpha value is -2.88. The van der Waals surface area contributed by atoms with Crippen LogP contribution in [0.5, 0.6) is 0 Å². The van der Waals surface area contributed by atoms with Gasteiger partial charge in [-0.15, -0.1) is 0 Å². The van der Waals surface area contributed by atoms with Crippen LogP contribution in [0.4, 0.5) is 10.5 Å². The number of carbonyl (C=O) groups is 2. The Bertz CT molecular complexity index is 1160. The highest BCUT2D eigenvalue weighted by Crippen LogP contribution is 2.48. The van der Waals surface area contributed by atoms with Gasteiger partial charge < -0.3 is 21.7 Å². The standard InChI is InChI=1S/C25H28N6O2S/c26-16-7-4-9-18(16)29-23(32)22-21-20-19(10-12-28-24(20)34-22)31(25(33)30-21)15-6-3-5-14(13-15)17-8-1-2-11-27-17/h1-3,5-6,8,11,13,16,18-20,24,28H,4,7,9-10,12,26H2,(H,29,32)(H,30,33)/t16-,18+,19?,20?,24?/m0/s1. The van der Waals surface area contributed by atoms with E-state index in [2.05, 4.69) is 20.9 Å². The zero-order valence-corrected chi connectivity index (χ0v) is 19.6. The molecule has 8 nitrogen and oxygen atoms in total. The van der Waals surface area contributed by atoms with Gasteiger partial charge in [-0.05, 0) is 56.5 Å². The molecule has 3 unspecified atom stereocenters. The molecule has 176 valence electrons. The van der Waals surface area contributed by atoms with E-state index in [4.69, 9.17) is 5.73 Å². The summed E-state index contributed by atoms with van der Waals surface area (Å²) in [5.74, 6) is -0.101. The number of hydrogen-bond donors (Lipinski definition) is 4. The molecule has 1 aromatic carbocycles. The van der Waals surface area contributed by atoms with Crippen LogP contribution in [0.1, 0.15) is 25.7 Å². The second-order valence-corrected chi connectivity index (χ2v) is 10.5. The number of urea groups is 1. The van der Waals surface area contributed by atoms with E-state index in [0.717, 1.165) is 54.9 Å². The molecule has 0 radical (unpaired) electrons. The first-order chi connectivity index (χ1) is 16.6. The molecule has 2 aromatic rings. The highest BCUT2D eigenvalue weighted by atomic mass is 32.2. The van der Waals surface area contributed by atoms with Gasteiger partial charge in [-0.1, -0.05) is 30.0 Å². The van der Waals surface area contributed by atoms with Crippen LogP contribution in [0.15, 0.2) is 59.3 Å². The van der Waals surface area contributed by atoms with Crippen molar-refractivity contribution in [2.24, 2.45) is 11.7 Å². The molecule has 3 amide bonds. The summed E-state index contributed by atoms with van der Waals surface area (Å²) < 4.78 is 0. The first-order valence-corrected chi connectivity index (χ1v) is 12.8. The molecule has 5 N–H and O–H groups in total. The lowest BCUT2D eigenvalue weighted by molar-refractivity contribution is -0.117. The van der Waals surface area contributed by atoms with E-state index in [1.807, 2.05) is 47.4 Å². The number of hydrogen-bond acceptors (Lipinski definition) is 6. The fourth-order valence-electron chi connectivity index (χ4n) is 5.67. The van der Waals surface area contributed by atoms with Gasteiger partial charge in [0, 0.05) is 41.1 Å². The Balaban J connectivity index is 1.31.